The van der Waals surface area contributed by atoms with Crippen LogP contribution in [-0.2, 0) is 24.7 Å². The summed E-state index contributed by atoms with van der Waals surface area (Å²) in [6, 6.07) is 10.9. The lowest BCUT2D eigenvalue weighted by Gasteiger charge is -2.22. The molecule has 174 valence electrons. The molecule has 0 aliphatic carbocycles. The molecule has 1 saturated heterocycles. The van der Waals surface area contributed by atoms with Crippen molar-refractivity contribution in [2.45, 2.75) is 19.4 Å². The molecule has 4 amide bonds. The Kier molecular flexibility index (Phi) is 6.86. The van der Waals surface area contributed by atoms with Gasteiger partial charge in [-0.25, -0.2) is 9.59 Å². The number of nitrogens with one attached hydrogen (secondary N) is 2. The Morgan fingerprint density at radius 1 is 1.06 bits per heavy atom. The van der Waals surface area contributed by atoms with Gasteiger partial charge in [-0.2, -0.15) is 0 Å². The van der Waals surface area contributed by atoms with Crippen LogP contribution in [0, 0.1) is 6.92 Å². The number of aryl methyl sites for hydroxylation is 1. The Balaban J connectivity index is 1.66. The lowest BCUT2D eigenvalue weighted by atomic mass is 9.92. The maximum atomic E-state index is 13.0. The van der Waals surface area contributed by atoms with Gasteiger partial charge in [0, 0.05) is 5.69 Å². The van der Waals surface area contributed by atoms with Crippen LogP contribution >= 0.6 is 0 Å². The molecular formula is C23H25N3O7. The van der Waals surface area contributed by atoms with Gasteiger partial charge < -0.3 is 24.8 Å². The minimum Gasteiger partial charge on any atom is -0.497 e. The van der Waals surface area contributed by atoms with Gasteiger partial charge >= 0.3 is 12.0 Å². The van der Waals surface area contributed by atoms with Crippen molar-refractivity contribution in [3.05, 3.63) is 53.6 Å². The number of imide groups is 1. The SMILES string of the molecule is COC(=O)COc1ccc(NC(=O)CN2C(=O)NC(C)(c3ccc(OC)cc3)C2=O)c(C)c1. The van der Waals surface area contributed by atoms with Crippen molar-refractivity contribution in [2.75, 3.05) is 32.7 Å². The molecule has 1 aliphatic rings. The Morgan fingerprint density at radius 2 is 1.73 bits per heavy atom. The fourth-order valence-corrected chi connectivity index (χ4v) is 3.36. The Bertz CT molecular complexity index is 1080. The largest absolute Gasteiger partial charge is 0.497 e. The average Bonchev–Trinajstić information content (AvgIpc) is 3.02. The molecule has 0 radical (unpaired) electrons. The van der Waals surface area contributed by atoms with Crippen molar-refractivity contribution in [3.8, 4) is 11.5 Å². The summed E-state index contributed by atoms with van der Waals surface area (Å²) in [6.45, 7) is 2.65. The van der Waals surface area contributed by atoms with E-state index in [0.29, 0.717) is 28.3 Å². The average molecular weight is 455 g/mol. The summed E-state index contributed by atoms with van der Waals surface area (Å²) in [5, 5.41) is 5.35. The number of anilines is 1. The van der Waals surface area contributed by atoms with Crippen LogP contribution in [0.15, 0.2) is 42.5 Å². The fourth-order valence-electron chi connectivity index (χ4n) is 3.36. The Hall–Kier alpha value is -4.08. The maximum absolute atomic E-state index is 13.0. The predicted octanol–water partition coefficient (Wildman–Crippen LogP) is 1.96. The first kappa shape index (κ1) is 23.6. The van der Waals surface area contributed by atoms with Crippen LogP contribution in [0.4, 0.5) is 10.5 Å². The number of carbonyl (C=O) groups is 4. The number of ether oxygens (including phenoxy) is 3. The van der Waals surface area contributed by atoms with Crippen molar-refractivity contribution in [1.29, 1.82) is 0 Å². The molecule has 10 nitrogen and oxygen atoms in total. The van der Waals surface area contributed by atoms with Gasteiger partial charge in [-0.1, -0.05) is 12.1 Å². The number of carbonyl (C=O) groups excluding carboxylic acids is 4. The molecule has 2 aromatic rings. The second-order valence-electron chi connectivity index (χ2n) is 7.56. The predicted molar refractivity (Wildman–Crippen MR) is 118 cm³/mol. The molecule has 1 fully saturated rings. The third-order valence-electron chi connectivity index (χ3n) is 5.30. The van der Waals surface area contributed by atoms with Crippen LogP contribution < -0.4 is 20.1 Å². The number of hydrogen-bond acceptors (Lipinski definition) is 7. The van der Waals surface area contributed by atoms with E-state index in [2.05, 4.69) is 15.4 Å². The molecule has 33 heavy (non-hydrogen) atoms. The zero-order chi connectivity index (χ0) is 24.2. The first-order valence-corrected chi connectivity index (χ1v) is 10.1. The number of benzene rings is 2. The number of urea groups is 1. The summed E-state index contributed by atoms with van der Waals surface area (Å²) < 4.78 is 15.0. The van der Waals surface area contributed by atoms with E-state index in [1.807, 2.05) is 0 Å². The minimum atomic E-state index is -1.29. The fraction of sp³-hybridized carbons (Fsp3) is 0.304. The summed E-state index contributed by atoms with van der Waals surface area (Å²) in [5.41, 5.74) is 0.433. The number of hydrogen-bond donors (Lipinski definition) is 2. The summed E-state index contributed by atoms with van der Waals surface area (Å²) in [6.07, 6.45) is 0. The smallest absolute Gasteiger partial charge is 0.343 e. The highest BCUT2D eigenvalue weighted by Crippen LogP contribution is 2.30. The van der Waals surface area contributed by atoms with Crippen molar-refractivity contribution in [3.63, 3.8) is 0 Å². The van der Waals surface area contributed by atoms with E-state index in [-0.39, 0.29) is 6.61 Å². The first-order valence-electron chi connectivity index (χ1n) is 10.1. The Labute approximate surface area is 190 Å². The second-order valence-corrected chi connectivity index (χ2v) is 7.56. The quantitative estimate of drug-likeness (QED) is 0.461. The molecule has 0 aromatic heterocycles. The van der Waals surface area contributed by atoms with E-state index < -0.39 is 35.9 Å². The molecule has 1 unspecified atom stereocenters. The summed E-state index contributed by atoms with van der Waals surface area (Å²) in [5.74, 6) is -0.534. The molecular weight excluding hydrogens is 430 g/mol. The minimum absolute atomic E-state index is 0.235. The number of esters is 1. The van der Waals surface area contributed by atoms with Gasteiger partial charge in [-0.15, -0.1) is 0 Å². The van der Waals surface area contributed by atoms with Gasteiger partial charge in [0.2, 0.25) is 5.91 Å². The van der Waals surface area contributed by atoms with Crippen molar-refractivity contribution < 1.29 is 33.4 Å². The summed E-state index contributed by atoms with van der Waals surface area (Å²) >= 11 is 0. The monoisotopic (exact) mass is 455 g/mol. The molecule has 2 aromatic carbocycles. The molecule has 3 rings (SSSR count). The number of rotatable bonds is 8. The zero-order valence-corrected chi connectivity index (χ0v) is 18.8. The van der Waals surface area contributed by atoms with E-state index in [4.69, 9.17) is 9.47 Å². The van der Waals surface area contributed by atoms with Crippen molar-refractivity contribution in [1.82, 2.24) is 10.2 Å². The van der Waals surface area contributed by atoms with Crippen molar-refractivity contribution >= 4 is 29.5 Å². The van der Waals surface area contributed by atoms with Crippen LogP contribution in [0.5, 0.6) is 11.5 Å². The van der Waals surface area contributed by atoms with E-state index in [1.54, 1.807) is 56.3 Å². The number of nitrogens with zero attached hydrogens (tertiary/aromatic N) is 1. The molecule has 10 heteroatoms. The number of amides is 4. The van der Waals surface area contributed by atoms with E-state index >= 15 is 0 Å². The third-order valence-corrected chi connectivity index (χ3v) is 5.30. The highest BCUT2D eigenvalue weighted by Gasteiger charge is 2.49. The summed E-state index contributed by atoms with van der Waals surface area (Å²) in [7, 11) is 2.80. The van der Waals surface area contributed by atoms with Gasteiger partial charge in [0.15, 0.2) is 6.61 Å². The highest BCUT2D eigenvalue weighted by atomic mass is 16.6. The molecule has 2 N–H and O–H groups in total. The molecule has 0 bridgehead atoms. The van der Waals surface area contributed by atoms with Crippen LogP contribution in [0.3, 0.4) is 0 Å². The molecule has 1 aliphatic heterocycles. The molecule has 1 atom stereocenters. The van der Waals surface area contributed by atoms with E-state index in [0.717, 1.165) is 4.90 Å². The van der Waals surface area contributed by atoms with Gasteiger partial charge in [-0.3, -0.25) is 14.5 Å². The van der Waals surface area contributed by atoms with Crippen LogP contribution in [0.2, 0.25) is 0 Å². The van der Waals surface area contributed by atoms with Crippen LogP contribution in [0.1, 0.15) is 18.1 Å². The summed E-state index contributed by atoms with van der Waals surface area (Å²) in [4.78, 5) is 50.2. The van der Waals surface area contributed by atoms with E-state index in [9.17, 15) is 19.2 Å². The number of methoxy groups -OCH3 is 2. The van der Waals surface area contributed by atoms with Gasteiger partial charge in [0.1, 0.15) is 23.6 Å². The topological polar surface area (TPSA) is 123 Å². The Morgan fingerprint density at radius 3 is 2.33 bits per heavy atom. The molecule has 0 saturated carbocycles. The highest BCUT2D eigenvalue weighted by molar-refractivity contribution is 6.10. The third kappa shape index (κ3) is 5.05. The van der Waals surface area contributed by atoms with Gasteiger partial charge in [-0.05, 0) is 55.3 Å². The molecule has 1 heterocycles. The normalized spacial score (nSPS) is 17.4. The standard InChI is InChI=1S/C23H25N3O7/c1-14-11-17(33-13-20(28)32-4)9-10-18(14)24-19(27)12-26-21(29)23(2,25-22(26)30)15-5-7-16(31-3)8-6-15/h5-11H,12-13H2,1-4H3,(H,24,27)(H,25,30). The van der Waals surface area contributed by atoms with Crippen LogP contribution in [-0.4, -0.2) is 56.1 Å². The maximum Gasteiger partial charge on any atom is 0.343 e. The van der Waals surface area contributed by atoms with E-state index in [1.165, 1.54) is 14.2 Å². The van der Waals surface area contributed by atoms with Crippen LogP contribution in [0.25, 0.3) is 0 Å². The van der Waals surface area contributed by atoms with Gasteiger partial charge in [0.25, 0.3) is 5.91 Å². The van der Waals surface area contributed by atoms with Gasteiger partial charge in [0.05, 0.1) is 14.2 Å². The lowest BCUT2D eigenvalue weighted by molar-refractivity contribution is -0.143. The first-order chi connectivity index (χ1) is 15.7. The van der Waals surface area contributed by atoms with Crippen molar-refractivity contribution in [2.24, 2.45) is 0 Å². The second kappa shape index (κ2) is 9.60. The zero-order valence-electron chi connectivity index (χ0n) is 18.8. The molecule has 0 spiro atoms. The lowest BCUT2D eigenvalue weighted by Crippen LogP contribution is -2.42.